The van der Waals surface area contributed by atoms with Crippen LogP contribution in [0, 0.1) is 12.8 Å². The maximum atomic E-state index is 3.71. The standard InChI is InChI=1S/C16H25BrN2/c1-5-12(3)15-10-19(13(4)9-18-15)16-8-11(2)6-7-14(16)17/h6-8,12-13,15,18H,5,9-10H2,1-4H3. The predicted molar refractivity (Wildman–Crippen MR) is 86.9 cm³/mol. The normalized spacial score (nSPS) is 25.4. The summed E-state index contributed by atoms with van der Waals surface area (Å²) in [6.07, 6.45) is 1.23. The summed E-state index contributed by atoms with van der Waals surface area (Å²) in [4.78, 5) is 2.55. The molecule has 1 aliphatic rings. The van der Waals surface area contributed by atoms with Crippen LogP contribution in [0.5, 0.6) is 0 Å². The molecule has 1 saturated heterocycles. The van der Waals surface area contributed by atoms with E-state index in [-0.39, 0.29) is 0 Å². The number of nitrogens with zero attached hydrogens (tertiary/aromatic N) is 1. The third-order valence-corrected chi connectivity index (χ3v) is 5.01. The molecule has 1 aromatic rings. The highest BCUT2D eigenvalue weighted by atomic mass is 79.9. The minimum atomic E-state index is 0.540. The van der Waals surface area contributed by atoms with E-state index in [9.17, 15) is 0 Å². The van der Waals surface area contributed by atoms with E-state index in [1.165, 1.54) is 22.1 Å². The van der Waals surface area contributed by atoms with Crippen LogP contribution in [0.3, 0.4) is 0 Å². The van der Waals surface area contributed by atoms with Crippen molar-refractivity contribution < 1.29 is 0 Å². The van der Waals surface area contributed by atoms with Crippen LogP contribution in [0.4, 0.5) is 5.69 Å². The van der Waals surface area contributed by atoms with Crippen LogP contribution in [0.25, 0.3) is 0 Å². The molecular formula is C16H25BrN2. The summed E-state index contributed by atoms with van der Waals surface area (Å²) >= 11 is 3.71. The van der Waals surface area contributed by atoms with Gasteiger partial charge in [-0.1, -0.05) is 26.3 Å². The zero-order valence-corrected chi connectivity index (χ0v) is 14.0. The van der Waals surface area contributed by atoms with Gasteiger partial charge in [0.1, 0.15) is 0 Å². The van der Waals surface area contributed by atoms with Crippen molar-refractivity contribution in [1.29, 1.82) is 0 Å². The number of rotatable bonds is 3. The van der Waals surface area contributed by atoms with Crippen LogP contribution in [-0.2, 0) is 0 Å². The van der Waals surface area contributed by atoms with Crippen LogP contribution < -0.4 is 10.2 Å². The Hall–Kier alpha value is -0.540. The Balaban J connectivity index is 2.23. The van der Waals surface area contributed by atoms with Crippen molar-refractivity contribution in [2.45, 2.75) is 46.2 Å². The van der Waals surface area contributed by atoms with Gasteiger partial charge in [-0.15, -0.1) is 0 Å². The number of hydrogen-bond donors (Lipinski definition) is 1. The van der Waals surface area contributed by atoms with Crippen molar-refractivity contribution in [3.63, 3.8) is 0 Å². The molecule has 0 aromatic heterocycles. The SMILES string of the molecule is CCC(C)C1CN(c2cc(C)ccc2Br)C(C)CN1. The summed E-state index contributed by atoms with van der Waals surface area (Å²) in [7, 11) is 0. The molecule has 0 aliphatic carbocycles. The minimum absolute atomic E-state index is 0.540. The lowest BCUT2D eigenvalue weighted by Crippen LogP contribution is -2.57. The second-order valence-electron chi connectivity index (χ2n) is 5.86. The first-order valence-corrected chi connectivity index (χ1v) is 8.08. The largest absolute Gasteiger partial charge is 0.365 e. The third kappa shape index (κ3) is 3.32. The Kier molecular flexibility index (Phi) is 4.91. The highest BCUT2D eigenvalue weighted by Gasteiger charge is 2.28. The molecule has 0 bridgehead atoms. The van der Waals surface area contributed by atoms with Crippen molar-refractivity contribution in [2.24, 2.45) is 5.92 Å². The van der Waals surface area contributed by atoms with E-state index < -0.39 is 0 Å². The van der Waals surface area contributed by atoms with Crippen molar-refractivity contribution in [3.05, 3.63) is 28.2 Å². The first kappa shape index (κ1) is 14.9. The van der Waals surface area contributed by atoms with Gasteiger partial charge < -0.3 is 10.2 Å². The molecule has 1 aromatic carbocycles. The van der Waals surface area contributed by atoms with Gasteiger partial charge in [-0.3, -0.25) is 0 Å². The molecule has 1 heterocycles. The molecule has 19 heavy (non-hydrogen) atoms. The smallest absolute Gasteiger partial charge is 0.0516 e. The van der Waals surface area contributed by atoms with Crippen LogP contribution in [0.1, 0.15) is 32.8 Å². The van der Waals surface area contributed by atoms with E-state index in [1.807, 2.05) is 0 Å². The monoisotopic (exact) mass is 324 g/mol. The van der Waals surface area contributed by atoms with Gasteiger partial charge in [0.15, 0.2) is 0 Å². The highest BCUT2D eigenvalue weighted by Crippen LogP contribution is 2.31. The second-order valence-corrected chi connectivity index (χ2v) is 6.71. The average Bonchev–Trinajstić information content (AvgIpc) is 2.41. The summed E-state index contributed by atoms with van der Waals surface area (Å²) < 4.78 is 1.20. The molecule has 0 spiro atoms. The lowest BCUT2D eigenvalue weighted by molar-refractivity contribution is 0.315. The summed E-state index contributed by atoms with van der Waals surface area (Å²) in [5, 5.41) is 3.70. The number of aryl methyl sites for hydroxylation is 1. The van der Waals surface area contributed by atoms with E-state index in [0.29, 0.717) is 12.1 Å². The summed E-state index contributed by atoms with van der Waals surface area (Å²) in [6, 6.07) is 7.75. The number of anilines is 1. The van der Waals surface area contributed by atoms with Gasteiger partial charge in [-0.05, 0) is 53.4 Å². The number of benzene rings is 1. The third-order valence-electron chi connectivity index (χ3n) is 4.34. The first-order valence-electron chi connectivity index (χ1n) is 7.29. The molecule has 1 fully saturated rings. The fraction of sp³-hybridized carbons (Fsp3) is 0.625. The first-order chi connectivity index (χ1) is 9.02. The molecular weight excluding hydrogens is 300 g/mol. The Morgan fingerprint density at radius 2 is 2.21 bits per heavy atom. The molecule has 2 nitrogen and oxygen atoms in total. The molecule has 106 valence electrons. The van der Waals surface area contributed by atoms with Crippen LogP contribution in [0.15, 0.2) is 22.7 Å². The predicted octanol–water partition coefficient (Wildman–Crippen LogP) is 3.97. The topological polar surface area (TPSA) is 15.3 Å². The van der Waals surface area contributed by atoms with E-state index >= 15 is 0 Å². The lowest BCUT2D eigenvalue weighted by Gasteiger charge is -2.42. The highest BCUT2D eigenvalue weighted by molar-refractivity contribution is 9.10. The van der Waals surface area contributed by atoms with E-state index in [2.05, 4.69) is 72.0 Å². The number of nitrogens with one attached hydrogen (secondary N) is 1. The van der Waals surface area contributed by atoms with Crippen LogP contribution in [-0.4, -0.2) is 25.2 Å². The van der Waals surface area contributed by atoms with Crippen LogP contribution >= 0.6 is 15.9 Å². The van der Waals surface area contributed by atoms with Gasteiger partial charge in [-0.2, -0.15) is 0 Å². The fourth-order valence-corrected chi connectivity index (χ4v) is 3.21. The molecule has 0 amide bonds. The van der Waals surface area contributed by atoms with Gasteiger partial charge in [0.25, 0.3) is 0 Å². The molecule has 1 N–H and O–H groups in total. The molecule has 3 heteroatoms. The summed E-state index contributed by atoms with van der Waals surface area (Å²) in [5.41, 5.74) is 2.66. The zero-order chi connectivity index (χ0) is 14.0. The zero-order valence-electron chi connectivity index (χ0n) is 12.4. The minimum Gasteiger partial charge on any atom is -0.365 e. The number of halogens is 1. The van der Waals surface area contributed by atoms with Gasteiger partial charge >= 0.3 is 0 Å². The molecule has 3 atom stereocenters. The van der Waals surface area contributed by atoms with Gasteiger partial charge in [0.05, 0.1) is 5.69 Å². The second kappa shape index (κ2) is 6.27. The Labute approximate surface area is 125 Å². The summed E-state index contributed by atoms with van der Waals surface area (Å²) in [5.74, 6) is 0.721. The summed E-state index contributed by atoms with van der Waals surface area (Å²) in [6.45, 7) is 11.2. The lowest BCUT2D eigenvalue weighted by atomic mass is 9.95. The van der Waals surface area contributed by atoms with Crippen molar-refractivity contribution in [1.82, 2.24) is 5.32 Å². The number of hydrogen-bond acceptors (Lipinski definition) is 2. The molecule has 1 aliphatic heterocycles. The van der Waals surface area contributed by atoms with Crippen molar-refractivity contribution in [3.8, 4) is 0 Å². The maximum Gasteiger partial charge on any atom is 0.0516 e. The fourth-order valence-electron chi connectivity index (χ4n) is 2.73. The quantitative estimate of drug-likeness (QED) is 0.905. The van der Waals surface area contributed by atoms with Crippen molar-refractivity contribution in [2.75, 3.05) is 18.0 Å². The molecule has 0 radical (unpaired) electrons. The molecule has 2 rings (SSSR count). The van der Waals surface area contributed by atoms with Gasteiger partial charge in [0, 0.05) is 29.6 Å². The maximum absolute atomic E-state index is 3.71. The van der Waals surface area contributed by atoms with Crippen molar-refractivity contribution >= 4 is 21.6 Å². The van der Waals surface area contributed by atoms with Crippen LogP contribution in [0.2, 0.25) is 0 Å². The van der Waals surface area contributed by atoms with E-state index in [4.69, 9.17) is 0 Å². The molecule has 3 unspecified atom stereocenters. The average molecular weight is 325 g/mol. The Morgan fingerprint density at radius 3 is 2.89 bits per heavy atom. The number of piperazine rings is 1. The van der Waals surface area contributed by atoms with E-state index in [1.54, 1.807) is 0 Å². The Morgan fingerprint density at radius 1 is 1.47 bits per heavy atom. The van der Waals surface area contributed by atoms with Gasteiger partial charge in [0.2, 0.25) is 0 Å². The van der Waals surface area contributed by atoms with Gasteiger partial charge in [-0.25, -0.2) is 0 Å². The molecule has 0 saturated carbocycles. The Bertz CT molecular complexity index is 433. The van der Waals surface area contributed by atoms with E-state index in [0.717, 1.165) is 19.0 Å².